The molecule has 3 aliphatic carbocycles. The summed E-state index contributed by atoms with van der Waals surface area (Å²) in [6.07, 6.45) is 10.3. The summed E-state index contributed by atoms with van der Waals surface area (Å²) in [7, 11) is 0. The maximum atomic E-state index is 12.4. The van der Waals surface area contributed by atoms with Gasteiger partial charge in [0, 0.05) is 11.3 Å². The van der Waals surface area contributed by atoms with Crippen molar-refractivity contribution in [2.24, 2.45) is 35.0 Å². The van der Waals surface area contributed by atoms with Crippen LogP contribution in [0.15, 0.2) is 0 Å². The summed E-state index contributed by atoms with van der Waals surface area (Å²) < 4.78 is 0. The monoisotopic (exact) mass is 394 g/mol. The molecule has 3 aliphatic rings. The Labute approximate surface area is 169 Å². The third kappa shape index (κ3) is 3.96. The maximum absolute atomic E-state index is 12.4. The molecular formula is C23H35ClO3. The number of fused-ring (bicyclic) bond motifs is 1. The summed E-state index contributed by atoms with van der Waals surface area (Å²) in [4.78, 5) is 12.4. The molecule has 0 spiro atoms. The van der Waals surface area contributed by atoms with Crippen LogP contribution in [0.5, 0.6) is 0 Å². The molecule has 4 heteroatoms. The van der Waals surface area contributed by atoms with E-state index in [0.717, 1.165) is 44.9 Å². The molecule has 3 rings (SSSR count). The first-order chi connectivity index (χ1) is 12.9. The van der Waals surface area contributed by atoms with Gasteiger partial charge in [-0.05, 0) is 92.1 Å². The fourth-order valence-electron chi connectivity index (χ4n) is 7.05. The van der Waals surface area contributed by atoms with Crippen molar-refractivity contribution in [3.63, 3.8) is 0 Å². The first-order valence-electron chi connectivity index (χ1n) is 10.9. The Morgan fingerprint density at radius 1 is 1.15 bits per heavy atom. The minimum atomic E-state index is -0.895. The van der Waals surface area contributed by atoms with E-state index in [1.165, 1.54) is 19.3 Å². The second kappa shape index (κ2) is 8.44. The molecule has 3 nitrogen and oxygen atoms in total. The van der Waals surface area contributed by atoms with Crippen LogP contribution in [0.2, 0.25) is 0 Å². The van der Waals surface area contributed by atoms with Gasteiger partial charge in [-0.1, -0.05) is 32.6 Å². The molecule has 0 amide bonds. The van der Waals surface area contributed by atoms with Gasteiger partial charge in [0.2, 0.25) is 0 Å². The Bertz CT molecular complexity index is 598. The van der Waals surface area contributed by atoms with Crippen molar-refractivity contribution in [3.05, 3.63) is 0 Å². The van der Waals surface area contributed by atoms with Crippen LogP contribution >= 0.6 is 11.6 Å². The van der Waals surface area contributed by atoms with Crippen molar-refractivity contribution >= 4 is 17.4 Å². The van der Waals surface area contributed by atoms with Crippen molar-refractivity contribution in [2.45, 2.75) is 83.7 Å². The largest absolute Gasteiger partial charge is 0.389 e. The molecule has 2 N–H and O–H groups in total. The minimum absolute atomic E-state index is 0.0447. The Kier molecular flexibility index (Phi) is 6.61. The predicted octanol–water partition coefficient (Wildman–Crippen LogP) is 4.53. The molecule has 0 bridgehead atoms. The summed E-state index contributed by atoms with van der Waals surface area (Å²) in [5.74, 6) is 5.50. The first kappa shape index (κ1) is 21.2. The van der Waals surface area contributed by atoms with Gasteiger partial charge in [-0.15, -0.1) is 0 Å². The number of carbonyl (C=O) groups excluding carboxylic acids is 1. The Balaban J connectivity index is 1.75. The smallest absolute Gasteiger partial charge is 0.161 e. The molecule has 5 atom stereocenters. The topological polar surface area (TPSA) is 57.5 Å². The van der Waals surface area contributed by atoms with Crippen LogP contribution < -0.4 is 0 Å². The average Bonchev–Trinajstić information content (AvgIpc) is 3.00. The number of carbonyl (C=O) groups is 1. The van der Waals surface area contributed by atoms with E-state index in [1.807, 2.05) is 0 Å². The van der Waals surface area contributed by atoms with Gasteiger partial charge in [-0.2, -0.15) is 0 Å². The zero-order valence-electron chi connectivity index (χ0n) is 16.8. The number of hydrogen-bond donors (Lipinski definition) is 2. The van der Waals surface area contributed by atoms with E-state index >= 15 is 0 Å². The highest BCUT2D eigenvalue weighted by Gasteiger charge is 2.56. The van der Waals surface area contributed by atoms with Crippen LogP contribution in [0.3, 0.4) is 0 Å². The highest BCUT2D eigenvalue weighted by molar-refractivity contribution is 6.30. The van der Waals surface area contributed by atoms with Gasteiger partial charge in [-0.25, -0.2) is 0 Å². The lowest BCUT2D eigenvalue weighted by Gasteiger charge is -2.51. The molecular weight excluding hydrogens is 360 g/mol. The van der Waals surface area contributed by atoms with Crippen molar-refractivity contribution in [2.75, 3.05) is 6.61 Å². The van der Waals surface area contributed by atoms with Crippen LogP contribution in [0.4, 0.5) is 0 Å². The summed E-state index contributed by atoms with van der Waals surface area (Å²) in [6.45, 7) is 4.28. The van der Waals surface area contributed by atoms with Crippen molar-refractivity contribution in [3.8, 4) is 11.3 Å². The van der Waals surface area contributed by atoms with Crippen LogP contribution in [-0.4, -0.2) is 28.2 Å². The average molecular weight is 395 g/mol. The molecule has 0 heterocycles. The standard InChI is InChI=1S/C23H35ClO3/c1-3-4-18-17(16-7-11-23(27,12-8-16)13-14-24)9-10-22(2)19(18)5-6-20(22)21(26)15-25/h16-20,25,27H,3-12,15H2,1-2H3/t16?,17-,18-,19+,20-,22+,23?/m1/s1. The lowest BCUT2D eigenvalue weighted by Crippen LogP contribution is -2.46. The number of halogens is 1. The van der Waals surface area contributed by atoms with Gasteiger partial charge in [0.15, 0.2) is 5.78 Å². The van der Waals surface area contributed by atoms with Crippen LogP contribution in [0, 0.1) is 46.3 Å². The third-order valence-electron chi connectivity index (χ3n) is 8.40. The molecule has 0 aromatic heterocycles. The quantitative estimate of drug-likeness (QED) is 0.673. The fourth-order valence-corrected chi connectivity index (χ4v) is 7.22. The maximum Gasteiger partial charge on any atom is 0.161 e. The first-order valence-corrected chi connectivity index (χ1v) is 11.2. The van der Waals surface area contributed by atoms with Crippen LogP contribution in [0.25, 0.3) is 0 Å². The Morgan fingerprint density at radius 2 is 1.85 bits per heavy atom. The molecule has 152 valence electrons. The minimum Gasteiger partial charge on any atom is -0.389 e. The van der Waals surface area contributed by atoms with Gasteiger partial charge < -0.3 is 10.2 Å². The van der Waals surface area contributed by atoms with E-state index in [0.29, 0.717) is 23.7 Å². The third-order valence-corrected chi connectivity index (χ3v) is 8.50. The molecule has 3 fully saturated rings. The summed E-state index contributed by atoms with van der Waals surface area (Å²) in [5, 5.41) is 22.4. The van der Waals surface area contributed by atoms with Crippen molar-refractivity contribution in [1.29, 1.82) is 0 Å². The van der Waals surface area contributed by atoms with Gasteiger partial charge in [0.05, 0.1) is 0 Å². The van der Waals surface area contributed by atoms with Gasteiger partial charge in [0.1, 0.15) is 12.2 Å². The van der Waals surface area contributed by atoms with E-state index in [4.69, 9.17) is 11.6 Å². The van der Waals surface area contributed by atoms with E-state index in [9.17, 15) is 15.0 Å². The molecule has 0 saturated heterocycles. The molecule has 0 aliphatic heterocycles. The molecule has 0 unspecified atom stereocenters. The van der Waals surface area contributed by atoms with Gasteiger partial charge >= 0.3 is 0 Å². The van der Waals surface area contributed by atoms with Crippen LogP contribution in [-0.2, 0) is 4.79 Å². The normalized spacial score (nSPS) is 44.3. The molecule has 3 saturated carbocycles. The van der Waals surface area contributed by atoms with Crippen molar-refractivity contribution in [1.82, 2.24) is 0 Å². The SMILES string of the molecule is CCC[C@@H]1[C@@H](C2CCC(O)(C#CCl)CC2)CC[C@]2(C)[C@@H](C(=O)CO)CC[C@@H]12. The van der Waals surface area contributed by atoms with Crippen molar-refractivity contribution < 1.29 is 15.0 Å². The predicted molar refractivity (Wildman–Crippen MR) is 108 cm³/mol. The second-order valence-corrected chi connectivity index (χ2v) is 9.80. The van der Waals surface area contributed by atoms with E-state index in [2.05, 4.69) is 25.1 Å². The summed E-state index contributed by atoms with van der Waals surface area (Å²) in [5.41, 5.74) is -0.830. The van der Waals surface area contributed by atoms with Crippen LogP contribution in [0.1, 0.15) is 78.1 Å². The number of Topliss-reactive ketones (excluding diaryl/α,β-unsaturated/α-hetero) is 1. The van der Waals surface area contributed by atoms with Gasteiger partial charge in [-0.3, -0.25) is 4.79 Å². The highest BCUT2D eigenvalue weighted by atomic mass is 35.5. The lowest BCUT2D eigenvalue weighted by atomic mass is 9.53. The molecule has 0 aromatic rings. The molecule has 27 heavy (non-hydrogen) atoms. The Morgan fingerprint density at radius 3 is 2.44 bits per heavy atom. The number of hydrogen-bond acceptors (Lipinski definition) is 3. The number of rotatable bonds is 5. The highest BCUT2D eigenvalue weighted by Crippen LogP contribution is 2.62. The Hall–Kier alpha value is -0.560. The lowest BCUT2D eigenvalue weighted by molar-refractivity contribution is -0.132. The number of aliphatic hydroxyl groups is 2. The van der Waals surface area contributed by atoms with E-state index < -0.39 is 5.60 Å². The zero-order valence-corrected chi connectivity index (χ0v) is 17.6. The molecule has 0 aromatic carbocycles. The van der Waals surface area contributed by atoms with Gasteiger partial charge in [0.25, 0.3) is 0 Å². The second-order valence-electron chi connectivity index (χ2n) is 9.61. The number of aliphatic hydroxyl groups excluding tert-OH is 1. The van der Waals surface area contributed by atoms with E-state index in [-0.39, 0.29) is 23.7 Å². The number of ketones is 1. The zero-order chi connectivity index (χ0) is 19.7. The summed E-state index contributed by atoms with van der Waals surface area (Å²) >= 11 is 5.53. The molecule has 0 radical (unpaired) electrons. The van der Waals surface area contributed by atoms with E-state index in [1.54, 1.807) is 0 Å². The fraction of sp³-hybridized carbons (Fsp3) is 0.870. The summed E-state index contributed by atoms with van der Waals surface area (Å²) in [6, 6.07) is 0.